The zero-order valence-corrected chi connectivity index (χ0v) is 24.0. The van der Waals surface area contributed by atoms with Gasteiger partial charge in [0, 0.05) is 35.8 Å². The predicted molar refractivity (Wildman–Crippen MR) is 183 cm³/mol. The third-order valence-corrected chi connectivity index (χ3v) is 9.00. The van der Waals surface area contributed by atoms with Crippen LogP contribution in [0.5, 0.6) is 0 Å². The highest BCUT2D eigenvalue weighted by Gasteiger charge is 2.25. The fourth-order valence-electron chi connectivity index (χ4n) is 6.64. The Labute approximate surface area is 251 Å². The summed E-state index contributed by atoms with van der Waals surface area (Å²) in [5.41, 5.74) is 8.48. The maximum Gasteiger partial charge on any atom is 0.0346 e. The average Bonchev–Trinajstić information content (AvgIpc) is 3.07. The summed E-state index contributed by atoms with van der Waals surface area (Å²) in [4.78, 5) is 8.89. The van der Waals surface area contributed by atoms with E-state index in [1.807, 2.05) is 24.8 Å². The van der Waals surface area contributed by atoms with Crippen molar-refractivity contribution in [1.29, 1.82) is 0 Å². The molecule has 0 amide bonds. The molecule has 0 saturated carbocycles. The summed E-state index contributed by atoms with van der Waals surface area (Å²) in [6.45, 7) is 2.25. The lowest BCUT2D eigenvalue weighted by atomic mass is 9.79. The lowest BCUT2D eigenvalue weighted by Gasteiger charge is -2.26. The van der Waals surface area contributed by atoms with Crippen molar-refractivity contribution in [2.45, 2.75) is 18.8 Å². The van der Waals surface area contributed by atoms with Crippen molar-refractivity contribution < 1.29 is 0 Å². The molecule has 1 aliphatic rings. The average molecular weight is 551 g/mol. The van der Waals surface area contributed by atoms with Crippen LogP contribution in [0.3, 0.4) is 0 Å². The molecule has 0 bridgehead atoms. The Morgan fingerprint density at radius 2 is 1.12 bits per heavy atom. The van der Waals surface area contributed by atoms with Gasteiger partial charge in [-0.05, 0) is 90.3 Å². The summed E-state index contributed by atoms with van der Waals surface area (Å²) < 4.78 is 0. The Balaban J connectivity index is 1.26. The number of allylic oxidation sites excluding steroid dienone is 1. The smallest absolute Gasteiger partial charge is 0.0346 e. The number of rotatable bonds is 4. The van der Waals surface area contributed by atoms with Crippen molar-refractivity contribution in [3.63, 3.8) is 0 Å². The van der Waals surface area contributed by atoms with Crippen LogP contribution in [0.4, 0.5) is 0 Å². The molecule has 2 nitrogen and oxygen atoms in total. The molecule has 0 spiro atoms. The van der Waals surface area contributed by atoms with Gasteiger partial charge in [-0.1, -0.05) is 116 Å². The summed E-state index contributed by atoms with van der Waals surface area (Å²) in [5.74, 6) is 0. The molecule has 0 radical (unpaired) electrons. The van der Waals surface area contributed by atoms with E-state index in [-0.39, 0.29) is 5.41 Å². The van der Waals surface area contributed by atoms with E-state index in [0.717, 1.165) is 12.0 Å². The van der Waals surface area contributed by atoms with Crippen molar-refractivity contribution in [3.8, 4) is 33.4 Å². The molecule has 1 aromatic heterocycles. The molecule has 2 heteroatoms. The van der Waals surface area contributed by atoms with Gasteiger partial charge in [0.1, 0.15) is 0 Å². The zero-order valence-electron chi connectivity index (χ0n) is 24.0. The normalized spacial score (nSPS) is 16.3. The second kappa shape index (κ2) is 10.2. The van der Waals surface area contributed by atoms with Crippen molar-refractivity contribution in [1.82, 2.24) is 4.98 Å². The number of pyridine rings is 1. The highest BCUT2D eigenvalue weighted by molar-refractivity contribution is 6.21. The van der Waals surface area contributed by atoms with Crippen LogP contribution in [0.2, 0.25) is 0 Å². The van der Waals surface area contributed by atoms with Crippen LogP contribution in [-0.2, 0) is 5.41 Å². The van der Waals surface area contributed by atoms with Gasteiger partial charge in [0.2, 0.25) is 0 Å². The standard InChI is InChI=1S/C41H30N2/c1-41(19-21-42-22-20-41)34-25-33(26-43-27-34)31-16-15-30-24-32(18-17-29(30)23-31)40-37-13-7-5-11-35(37)39(28-9-3-2-4-10-28)36-12-6-8-14-38(36)40/h2-19,21-27H,20H2,1H3. The first-order valence-electron chi connectivity index (χ1n) is 14.9. The van der Waals surface area contributed by atoms with Crippen molar-refractivity contribution >= 4 is 38.5 Å². The molecule has 0 fully saturated rings. The largest absolute Gasteiger partial charge is 0.269 e. The first-order chi connectivity index (χ1) is 21.2. The van der Waals surface area contributed by atoms with E-state index in [9.17, 15) is 0 Å². The van der Waals surface area contributed by atoms with Gasteiger partial charge in [-0.2, -0.15) is 0 Å². The van der Waals surface area contributed by atoms with Crippen LogP contribution in [0.1, 0.15) is 18.9 Å². The molecule has 7 aromatic rings. The summed E-state index contributed by atoms with van der Waals surface area (Å²) in [6.07, 6.45) is 10.9. The first kappa shape index (κ1) is 25.4. The number of hydrogen-bond donors (Lipinski definition) is 0. The second-order valence-electron chi connectivity index (χ2n) is 11.7. The van der Waals surface area contributed by atoms with Crippen molar-refractivity contribution in [2.24, 2.45) is 4.99 Å². The van der Waals surface area contributed by atoms with Gasteiger partial charge in [0.05, 0.1) is 0 Å². The fourth-order valence-corrected chi connectivity index (χ4v) is 6.64. The molecule has 0 N–H and O–H groups in total. The number of benzene rings is 6. The second-order valence-corrected chi connectivity index (χ2v) is 11.7. The Morgan fingerprint density at radius 1 is 0.535 bits per heavy atom. The van der Waals surface area contributed by atoms with Crippen molar-refractivity contribution in [2.75, 3.05) is 0 Å². The maximum atomic E-state index is 4.62. The molecule has 2 heterocycles. The number of hydrogen-bond acceptors (Lipinski definition) is 2. The highest BCUT2D eigenvalue weighted by atomic mass is 14.7. The molecule has 0 aliphatic carbocycles. The molecular weight excluding hydrogens is 520 g/mol. The fraction of sp³-hybridized carbons (Fsp3) is 0.0732. The van der Waals surface area contributed by atoms with E-state index >= 15 is 0 Å². The third-order valence-electron chi connectivity index (χ3n) is 9.00. The lowest BCUT2D eigenvalue weighted by Crippen LogP contribution is -2.21. The summed E-state index contributed by atoms with van der Waals surface area (Å²) in [7, 11) is 0. The minimum absolute atomic E-state index is 0.0852. The number of aliphatic imine (C=N–C) groups is 1. The highest BCUT2D eigenvalue weighted by Crippen LogP contribution is 2.44. The molecule has 43 heavy (non-hydrogen) atoms. The van der Waals surface area contributed by atoms with Gasteiger partial charge in [-0.25, -0.2) is 0 Å². The van der Waals surface area contributed by atoms with E-state index in [0.29, 0.717) is 0 Å². The first-order valence-corrected chi connectivity index (χ1v) is 14.9. The van der Waals surface area contributed by atoms with E-state index in [2.05, 4.69) is 144 Å². The Bertz CT molecular complexity index is 2170. The van der Waals surface area contributed by atoms with Gasteiger partial charge in [-0.3, -0.25) is 9.98 Å². The van der Waals surface area contributed by atoms with Gasteiger partial charge in [-0.15, -0.1) is 0 Å². The third kappa shape index (κ3) is 4.35. The molecule has 1 unspecified atom stereocenters. The molecule has 1 atom stereocenters. The summed E-state index contributed by atoms with van der Waals surface area (Å²) in [5, 5.41) is 7.54. The van der Waals surface area contributed by atoms with Crippen LogP contribution in [-0.4, -0.2) is 11.2 Å². The molecule has 6 aromatic carbocycles. The number of aromatic nitrogens is 1. The number of nitrogens with zero attached hydrogens (tertiary/aromatic N) is 2. The molecule has 8 rings (SSSR count). The summed E-state index contributed by atoms with van der Waals surface area (Å²) >= 11 is 0. The van der Waals surface area contributed by atoms with Crippen molar-refractivity contribution in [3.05, 3.63) is 152 Å². The number of fused-ring (bicyclic) bond motifs is 3. The van der Waals surface area contributed by atoms with E-state index < -0.39 is 0 Å². The van der Waals surface area contributed by atoms with Gasteiger partial charge >= 0.3 is 0 Å². The van der Waals surface area contributed by atoms with Crippen LogP contribution in [0, 0.1) is 0 Å². The zero-order chi connectivity index (χ0) is 28.8. The minimum atomic E-state index is -0.0852. The monoisotopic (exact) mass is 550 g/mol. The topological polar surface area (TPSA) is 25.2 Å². The molecule has 204 valence electrons. The van der Waals surface area contributed by atoms with Gasteiger partial charge < -0.3 is 0 Å². The van der Waals surface area contributed by atoms with Crippen LogP contribution in [0.15, 0.2) is 151 Å². The maximum absolute atomic E-state index is 4.62. The minimum Gasteiger partial charge on any atom is -0.269 e. The Morgan fingerprint density at radius 3 is 1.74 bits per heavy atom. The molecule has 0 saturated heterocycles. The van der Waals surface area contributed by atoms with E-state index in [1.54, 1.807) is 0 Å². The lowest BCUT2D eigenvalue weighted by molar-refractivity contribution is 0.618. The Hall–Kier alpha value is -5.34. The molecular formula is C41H30N2. The van der Waals surface area contributed by atoms with Crippen LogP contribution >= 0.6 is 0 Å². The van der Waals surface area contributed by atoms with Gasteiger partial charge in [0.25, 0.3) is 0 Å². The van der Waals surface area contributed by atoms with Gasteiger partial charge in [0.15, 0.2) is 0 Å². The van der Waals surface area contributed by atoms with E-state index in [1.165, 1.54) is 65.7 Å². The Kier molecular flexibility index (Phi) is 6.01. The molecule has 1 aliphatic heterocycles. The predicted octanol–water partition coefficient (Wildman–Crippen LogP) is 10.8. The van der Waals surface area contributed by atoms with E-state index in [4.69, 9.17) is 0 Å². The van der Waals surface area contributed by atoms with Crippen LogP contribution in [0.25, 0.3) is 65.7 Å². The SMILES string of the molecule is CC1(c2cncc(-c3ccc4cc(-c5c6ccccc6c(-c6ccccc6)c6ccccc56)ccc4c3)c2)C=CN=CC1. The van der Waals surface area contributed by atoms with Crippen LogP contribution < -0.4 is 0 Å². The summed E-state index contributed by atoms with van der Waals surface area (Å²) in [6, 6.07) is 44.4. The quantitative estimate of drug-likeness (QED) is 0.200.